The van der Waals surface area contributed by atoms with Gasteiger partial charge in [0, 0.05) is 25.2 Å². The van der Waals surface area contributed by atoms with E-state index in [1.807, 2.05) is 55.5 Å². The Labute approximate surface area is 268 Å². The first kappa shape index (κ1) is 33.9. The van der Waals surface area contributed by atoms with E-state index in [4.69, 9.17) is 4.74 Å². The van der Waals surface area contributed by atoms with E-state index in [-0.39, 0.29) is 11.5 Å². The van der Waals surface area contributed by atoms with E-state index in [0.29, 0.717) is 29.5 Å². The molecule has 0 radical (unpaired) electrons. The number of anilines is 1. The summed E-state index contributed by atoms with van der Waals surface area (Å²) in [7, 11) is 2.10. The van der Waals surface area contributed by atoms with E-state index in [2.05, 4.69) is 46.5 Å². The summed E-state index contributed by atoms with van der Waals surface area (Å²) in [6.45, 7) is 11.7. The van der Waals surface area contributed by atoms with Crippen LogP contribution in [0.2, 0.25) is 0 Å². The summed E-state index contributed by atoms with van der Waals surface area (Å²) < 4.78 is 6.13. The fourth-order valence-corrected chi connectivity index (χ4v) is 5.60. The number of nitrogens with zero attached hydrogens (tertiary/aromatic N) is 3. The quantitative estimate of drug-likeness (QED) is 0.147. The number of aryl methyl sites for hydroxylation is 1. The first-order valence-corrected chi connectivity index (χ1v) is 16.3. The molecular formula is C37H49N5O3. The van der Waals surface area contributed by atoms with Crippen LogP contribution in [0.15, 0.2) is 71.8 Å². The van der Waals surface area contributed by atoms with Crippen molar-refractivity contribution >= 4 is 23.7 Å². The van der Waals surface area contributed by atoms with E-state index in [0.717, 1.165) is 49.4 Å². The van der Waals surface area contributed by atoms with Crippen molar-refractivity contribution in [1.29, 1.82) is 0 Å². The second-order valence-electron chi connectivity index (χ2n) is 12.1. The topological polar surface area (TPSA) is 86.3 Å². The van der Waals surface area contributed by atoms with Gasteiger partial charge < -0.3 is 19.9 Å². The van der Waals surface area contributed by atoms with Crippen LogP contribution in [0.4, 0.5) is 5.69 Å². The maximum atomic E-state index is 13.4. The average Bonchev–Trinajstić information content (AvgIpc) is 3.06. The van der Waals surface area contributed by atoms with Gasteiger partial charge in [-0.3, -0.25) is 9.59 Å². The molecule has 1 fully saturated rings. The molecule has 1 saturated carbocycles. The first-order valence-electron chi connectivity index (χ1n) is 16.3. The Bertz CT molecular complexity index is 1410. The highest BCUT2D eigenvalue weighted by atomic mass is 16.5. The SMILES string of the molecule is CCN(CC)CCN(C)Cc1cccc(C(=O)Nc2ccc(OCC3CCCCC3)cc2C(=O)NN=Cc2ccc(C)cc2)c1. The summed E-state index contributed by atoms with van der Waals surface area (Å²) in [5.74, 6) is 0.412. The van der Waals surface area contributed by atoms with Gasteiger partial charge in [-0.05, 0) is 87.3 Å². The fourth-order valence-electron chi connectivity index (χ4n) is 5.60. The first-order chi connectivity index (χ1) is 21.8. The second-order valence-corrected chi connectivity index (χ2v) is 12.1. The van der Waals surface area contributed by atoms with Crippen molar-refractivity contribution < 1.29 is 14.3 Å². The van der Waals surface area contributed by atoms with Gasteiger partial charge in [-0.25, -0.2) is 5.43 Å². The van der Waals surface area contributed by atoms with Gasteiger partial charge in [-0.1, -0.05) is 75.1 Å². The van der Waals surface area contributed by atoms with Gasteiger partial charge in [0.1, 0.15) is 5.75 Å². The number of carbonyl (C=O) groups excluding carboxylic acids is 2. The Morgan fingerprint density at radius 2 is 1.69 bits per heavy atom. The van der Waals surface area contributed by atoms with E-state index < -0.39 is 5.91 Å². The highest BCUT2D eigenvalue weighted by Crippen LogP contribution is 2.27. The Morgan fingerprint density at radius 1 is 0.933 bits per heavy atom. The van der Waals surface area contributed by atoms with Crippen molar-refractivity contribution in [3.05, 3.63) is 94.5 Å². The van der Waals surface area contributed by atoms with Crippen molar-refractivity contribution in [2.75, 3.05) is 45.2 Å². The molecule has 1 aliphatic carbocycles. The van der Waals surface area contributed by atoms with Gasteiger partial charge in [-0.15, -0.1) is 0 Å². The Hall–Kier alpha value is -4.01. The molecule has 2 N–H and O–H groups in total. The number of hydrogen-bond donors (Lipinski definition) is 2. The molecular weight excluding hydrogens is 562 g/mol. The zero-order valence-corrected chi connectivity index (χ0v) is 27.4. The fraction of sp³-hybridized carbons (Fsp3) is 0.432. The lowest BCUT2D eigenvalue weighted by Crippen LogP contribution is -2.32. The number of likely N-dealkylation sites (N-methyl/N-ethyl adjacent to an activating group) is 2. The predicted molar refractivity (Wildman–Crippen MR) is 183 cm³/mol. The number of benzene rings is 3. The van der Waals surface area contributed by atoms with Gasteiger partial charge in [0.05, 0.1) is 24.1 Å². The summed E-state index contributed by atoms with van der Waals surface area (Å²) in [6.07, 6.45) is 7.69. The van der Waals surface area contributed by atoms with Crippen LogP contribution in [0.5, 0.6) is 5.75 Å². The zero-order valence-electron chi connectivity index (χ0n) is 27.4. The molecule has 0 saturated heterocycles. The van der Waals surface area contributed by atoms with Gasteiger partial charge >= 0.3 is 0 Å². The van der Waals surface area contributed by atoms with Crippen molar-refractivity contribution in [3.63, 3.8) is 0 Å². The molecule has 8 heteroatoms. The van der Waals surface area contributed by atoms with Crippen LogP contribution in [-0.4, -0.2) is 67.7 Å². The predicted octanol–water partition coefficient (Wildman–Crippen LogP) is 6.74. The minimum Gasteiger partial charge on any atom is -0.493 e. The number of nitrogens with one attached hydrogen (secondary N) is 2. The number of ether oxygens (including phenoxy) is 1. The van der Waals surface area contributed by atoms with E-state index >= 15 is 0 Å². The number of rotatable bonds is 15. The monoisotopic (exact) mass is 611 g/mol. The minimum absolute atomic E-state index is 0.282. The number of amides is 2. The van der Waals surface area contributed by atoms with Gasteiger partial charge in [-0.2, -0.15) is 5.10 Å². The summed E-state index contributed by atoms with van der Waals surface area (Å²) >= 11 is 0. The lowest BCUT2D eigenvalue weighted by atomic mass is 9.90. The molecule has 0 unspecified atom stereocenters. The van der Waals surface area contributed by atoms with Crippen LogP contribution in [0.1, 0.15) is 83.4 Å². The van der Waals surface area contributed by atoms with Crippen LogP contribution >= 0.6 is 0 Å². The summed E-state index contributed by atoms with van der Waals surface area (Å²) in [5, 5.41) is 7.13. The Balaban J connectivity index is 1.46. The Morgan fingerprint density at radius 3 is 2.42 bits per heavy atom. The highest BCUT2D eigenvalue weighted by molar-refractivity contribution is 6.09. The van der Waals surface area contributed by atoms with E-state index in [9.17, 15) is 9.59 Å². The molecule has 0 heterocycles. The largest absolute Gasteiger partial charge is 0.493 e. The van der Waals surface area contributed by atoms with Crippen molar-refractivity contribution in [1.82, 2.24) is 15.2 Å². The normalized spacial score (nSPS) is 13.8. The molecule has 240 valence electrons. The zero-order chi connectivity index (χ0) is 32.0. The number of hydrazone groups is 1. The molecule has 1 aliphatic rings. The molecule has 4 rings (SSSR count). The smallest absolute Gasteiger partial charge is 0.273 e. The maximum absolute atomic E-state index is 13.4. The molecule has 3 aromatic carbocycles. The van der Waals surface area contributed by atoms with Crippen LogP contribution in [-0.2, 0) is 6.54 Å². The van der Waals surface area contributed by atoms with Crippen LogP contribution in [0.3, 0.4) is 0 Å². The Kier molecular flexibility index (Phi) is 13.2. The van der Waals surface area contributed by atoms with Gasteiger partial charge in [0.25, 0.3) is 11.8 Å². The average molecular weight is 612 g/mol. The van der Waals surface area contributed by atoms with Crippen molar-refractivity contribution in [2.24, 2.45) is 11.0 Å². The highest BCUT2D eigenvalue weighted by Gasteiger charge is 2.18. The minimum atomic E-state index is -0.430. The van der Waals surface area contributed by atoms with Crippen LogP contribution in [0, 0.1) is 12.8 Å². The van der Waals surface area contributed by atoms with Crippen LogP contribution in [0.25, 0.3) is 0 Å². The third-order valence-electron chi connectivity index (χ3n) is 8.49. The number of carbonyl (C=O) groups is 2. The third kappa shape index (κ3) is 10.8. The standard InChI is InChI=1S/C37H49N5O3/c1-5-42(6-2)22-21-41(4)26-31-13-10-14-32(23-31)36(43)39-35-20-19-33(45-27-30-11-8-7-9-12-30)24-34(35)37(44)40-38-25-29-17-15-28(3)16-18-29/h10,13-20,23-25,30H,5-9,11-12,21-22,26-27H2,1-4H3,(H,39,43)(H,40,44). The summed E-state index contributed by atoms with van der Waals surface area (Å²) in [4.78, 5) is 31.5. The van der Waals surface area contributed by atoms with Crippen molar-refractivity contribution in [2.45, 2.75) is 59.4 Å². The molecule has 8 nitrogen and oxygen atoms in total. The molecule has 0 aliphatic heterocycles. The molecule has 2 amide bonds. The maximum Gasteiger partial charge on any atom is 0.273 e. The lowest BCUT2D eigenvalue weighted by Gasteiger charge is -2.23. The van der Waals surface area contributed by atoms with Crippen LogP contribution < -0.4 is 15.5 Å². The second kappa shape index (κ2) is 17.5. The van der Waals surface area contributed by atoms with Gasteiger partial charge in [0.2, 0.25) is 0 Å². The molecule has 0 aromatic heterocycles. The number of hydrogen-bond acceptors (Lipinski definition) is 6. The molecule has 0 spiro atoms. The molecule has 0 bridgehead atoms. The van der Waals surface area contributed by atoms with E-state index in [1.165, 1.54) is 32.1 Å². The molecule has 0 atom stereocenters. The third-order valence-corrected chi connectivity index (χ3v) is 8.49. The summed E-state index contributed by atoms with van der Waals surface area (Å²) in [6, 6.07) is 20.7. The van der Waals surface area contributed by atoms with E-state index in [1.54, 1.807) is 24.4 Å². The summed E-state index contributed by atoms with van der Waals surface area (Å²) in [5.41, 5.74) is 6.92. The lowest BCUT2D eigenvalue weighted by molar-refractivity contribution is 0.0955. The molecule has 45 heavy (non-hydrogen) atoms. The van der Waals surface area contributed by atoms with Gasteiger partial charge in [0.15, 0.2) is 0 Å². The van der Waals surface area contributed by atoms with Crippen molar-refractivity contribution in [3.8, 4) is 5.75 Å². The molecule has 3 aromatic rings.